The zero-order valence-electron chi connectivity index (χ0n) is 10.6. The number of hydrogen-bond donors (Lipinski definition) is 1. The summed E-state index contributed by atoms with van der Waals surface area (Å²) < 4.78 is 10.5. The van der Waals surface area contributed by atoms with E-state index in [1.165, 1.54) is 5.56 Å². The van der Waals surface area contributed by atoms with Crippen LogP contribution in [0.15, 0.2) is 35.0 Å². The molecule has 0 bridgehead atoms. The number of methoxy groups -OCH3 is 2. The third kappa shape index (κ3) is 2.83. The summed E-state index contributed by atoms with van der Waals surface area (Å²) >= 11 is 1.69. The highest BCUT2D eigenvalue weighted by Gasteiger charge is 2.11. The number of rotatable bonds is 5. The lowest BCUT2D eigenvalue weighted by Crippen LogP contribution is -2.13. The Bertz CT molecular complexity index is 497. The zero-order chi connectivity index (χ0) is 13.0. The minimum atomic E-state index is -0.0283. The zero-order valence-corrected chi connectivity index (χ0v) is 11.4. The monoisotopic (exact) mass is 263 g/mol. The predicted molar refractivity (Wildman–Crippen MR) is 74.5 cm³/mol. The molecule has 0 radical (unpaired) electrons. The summed E-state index contributed by atoms with van der Waals surface area (Å²) in [6, 6.07) is 7.89. The summed E-state index contributed by atoms with van der Waals surface area (Å²) in [6.45, 7) is 0. The maximum Gasteiger partial charge on any atom is 0.161 e. The molecule has 96 valence electrons. The van der Waals surface area contributed by atoms with Gasteiger partial charge in [0.05, 0.1) is 14.2 Å². The molecule has 0 aliphatic carbocycles. The largest absolute Gasteiger partial charge is 0.493 e. The van der Waals surface area contributed by atoms with E-state index < -0.39 is 0 Å². The lowest BCUT2D eigenvalue weighted by atomic mass is 10.0. The molecule has 0 fully saturated rings. The molecule has 2 aromatic rings. The number of ether oxygens (including phenoxy) is 2. The molecule has 0 aliphatic rings. The highest BCUT2D eigenvalue weighted by atomic mass is 32.1. The fourth-order valence-corrected chi connectivity index (χ4v) is 2.55. The topological polar surface area (TPSA) is 44.5 Å². The summed E-state index contributed by atoms with van der Waals surface area (Å²) in [6.07, 6.45) is 0.832. The van der Waals surface area contributed by atoms with E-state index in [2.05, 4.69) is 16.8 Å². The Morgan fingerprint density at radius 2 is 1.94 bits per heavy atom. The van der Waals surface area contributed by atoms with Crippen molar-refractivity contribution in [2.24, 2.45) is 5.73 Å². The van der Waals surface area contributed by atoms with Crippen LogP contribution in [0.2, 0.25) is 0 Å². The van der Waals surface area contributed by atoms with E-state index in [4.69, 9.17) is 15.2 Å². The number of nitrogens with two attached hydrogens (primary N) is 1. The van der Waals surface area contributed by atoms with Crippen LogP contribution in [-0.4, -0.2) is 14.2 Å². The van der Waals surface area contributed by atoms with Gasteiger partial charge in [-0.1, -0.05) is 6.07 Å². The molecule has 2 rings (SSSR count). The molecule has 1 unspecified atom stereocenters. The highest BCUT2D eigenvalue weighted by molar-refractivity contribution is 7.07. The SMILES string of the molecule is COc1ccc(C(N)Cc2ccsc2)cc1OC. The fourth-order valence-electron chi connectivity index (χ4n) is 1.86. The van der Waals surface area contributed by atoms with Crippen LogP contribution >= 0.6 is 11.3 Å². The summed E-state index contributed by atoms with van der Waals surface area (Å²) in [5, 5.41) is 4.19. The van der Waals surface area contributed by atoms with E-state index in [0.29, 0.717) is 0 Å². The van der Waals surface area contributed by atoms with Gasteiger partial charge < -0.3 is 15.2 Å². The Kier molecular flexibility index (Phi) is 4.23. The smallest absolute Gasteiger partial charge is 0.161 e. The van der Waals surface area contributed by atoms with Gasteiger partial charge in [0, 0.05) is 6.04 Å². The first-order chi connectivity index (χ1) is 8.74. The van der Waals surface area contributed by atoms with Crippen molar-refractivity contribution in [1.82, 2.24) is 0 Å². The number of hydrogen-bond acceptors (Lipinski definition) is 4. The molecule has 1 aromatic carbocycles. The van der Waals surface area contributed by atoms with E-state index in [1.54, 1.807) is 25.6 Å². The third-order valence-corrected chi connectivity index (χ3v) is 3.60. The molecule has 0 spiro atoms. The maximum absolute atomic E-state index is 6.21. The molecule has 3 nitrogen and oxygen atoms in total. The minimum Gasteiger partial charge on any atom is -0.493 e. The van der Waals surface area contributed by atoms with Crippen LogP contribution in [0.4, 0.5) is 0 Å². The van der Waals surface area contributed by atoms with Gasteiger partial charge in [0.1, 0.15) is 0 Å². The first kappa shape index (κ1) is 12.9. The van der Waals surface area contributed by atoms with Crippen LogP contribution in [-0.2, 0) is 6.42 Å². The molecule has 4 heteroatoms. The van der Waals surface area contributed by atoms with Crippen LogP contribution in [0.1, 0.15) is 17.2 Å². The molecule has 0 saturated carbocycles. The molecule has 1 heterocycles. The van der Waals surface area contributed by atoms with Gasteiger partial charge in [0.2, 0.25) is 0 Å². The van der Waals surface area contributed by atoms with Crippen LogP contribution in [0.5, 0.6) is 11.5 Å². The quantitative estimate of drug-likeness (QED) is 0.902. The molecule has 2 N–H and O–H groups in total. The van der Waals surface area contributed by atoms with E-state index in [1.807, 2.05) is 18.2 Å². The summed E-state index contributed by atoms with van der Waals surface area (Å²) in [4.78, 5) is 0. The predicted octanol–water partition coefficient (Wildman–Crippen LogP) is 3.01. The Labute approximate surface area is 111 Å². The second-order valence-corrected chi connectivity index (χ2v) is 4.84. The summed E-state index contributed by atoms with van der Waals surface area (Å²) in [5.41, 5.74) is 8.53. The van der Waals surface area contributed by atoms with Crippen molar-refractivity contribution in [3.63, 3.8) is 0 Å². The average Bonchev–Trinajstić information content (AvgIpc) is 2.90. The molecule has 0 amide bonds. The van der Waals surface area contributed by atoms with Crippen LogP contribution in [0, 0.1) is 0 Å². The van der Waals surface area contributed by atoms with E-state index in [0.717, 1.165) is 23.5 Å². The molecule has 1 atom stereocenters. The minimum absolute atomic E-state index is 0.0283. The Morgan fingerprint density at radius 3 is 2.56 bits per heavy atom. The lowest BCUT2D eigenvalue weighted by molar-refractivity contribution is 0.354. The van der Waals surface area contributed by atoms with Crippen molar-refractivity contribution < 1.29 is 9.47 Å². The van der Waals surface area contributed by atoms with Gasteiger partial charge in [0.25, 0.3) is 0 Å². The van der Waals surface area contributed by atoms with Crippen molar-refractivity contribution >= 4 is 11.3 Å². The molecule has 0 aliphatic heterocycles. The van der Waals surface area contributed by atoms with Gasteiger partial charge in [0.15, 0.2) is 11.5 Å². The number of benzene rings is 1. The van der Waals surface area contributed by atoms with Gasteiger partial charge >= 0.3 is 0 Å². The van der Waals surface area contributed by atoms with Crippen molar-refractivity contribution in [1.29, 1.82) is 0 Å². The van der Waals surface area contributed by atoms with E-state index >= 15 is 0 Å². The average molecular weight is 263 g/mol. The van der Waals surface area contributed by atoms with Crippen molar-refractivity contribution in [3.8, 4) is 11.5 Å². The standard InChI is InChI=1S/C14H17NO2S/c1-16-13-4-3-11(8-14(13)17-2)12(15)7-10-5-6-18-9-10/h3-6,8-9,12H,7,15H2,1-2H3. The summed E-state index contributed by atoms with van der Waals surface area (Å²) in [7, 11) is 3.26. The van der Waals surface area contributed by atoms with Gasteiger partial charge in [-0.15, -0.1) is 0 Å². The Hall–Kier alpha value is -1.52. The summed E-state index contributed by atoms with van der Waals surface area (Å²) in [5.74, 6) is 1.44. The normalized spacial score (nSPS) is 12.2. The molecule has 0 saturated heterocycles. The Balaban J connectivity index is 2.17. The maximum atomic E-state index is 6.21. The first-order valence-corrected chi connectivity index (χ1v) is 6.67. The number of thiophene rings is 1. The lowest BCUT2D eigenvalue weighted by Gasteiger charge is -2.14. The Morgan fingerprint density at radius 1 is 1.17 bits per heavy atom. The first-order valence-electron chi connectivity index (χ1n) is 5.73. The van der Waals surface area contributed by atoms with Crippen molar-refractivity contribution in [2.75, 3.05) is 14.2 Å². The fraction of sp³-hybridized carbons (Fsp3) is 0.286. The molecule has 1 aromatic heterocycles. The van der Waals surface area contributed by atoms with E-state index in [9.17, 15) is 0 Å². The van der Waals surface area contributed by atoms with Gasteiger partial charge in [-0.3, -0.25) is 0 Å². The van der Waals surface area contributed by atoms with Crippen LogP contribution < -0.4 is 15.2 Å². The van der Waals surface area contributed by atoms with Gasteiger partial charge in [-0.2, -0.15) is 11.3 Å². The van der Waals surface area contributed by atoms with Gasteiger partial charge in [-0.05, 0) is 46.5 Å². The second-order valence-electron chi connectivity index (χ2n) is 4.06. The third-order valence-electron chi connectivity index (χ3n) is 2.87. The van der Waals surface area contributed by atoms with Crippen LogP contribution in [0.3, 0.4) is 0 Å². The van der Waals surface area contributed by atoms with Crippen molar-refractivity contribution in [3.05, 3.63) is 46.2 Å². The second kappa shape index (κ2) is 5.89. The molecule has 18 heavy (non-hydrogen) atoms. The highest BCUT2D eigenvalue weighted by Crippen LogP contribution is 2.30. The molecular weight excluding hydrogens is 246 g/mol. The molecular formula is C14H17NO2S. The van der Waals surface area contributed by atoms with E-state index in [-0.39, 0.29) is 6.04 Å². The van der Waals surface area contributed by atoms with Crippen molar-refractivity contribution in [2.45, 2.75) is 12.5 Å². The van der Waals surface area contributed by atoms with Crippen LogP contribution in [0.25, 0.3) is 0 Å². The van der Waals surface area contributed by atoms with Gasteiger partial charge in [-0.25, -0.2) is 0 Å².